The summed E-state index contributed by atoms with van der Waals surface area (Å²) >= 11 is 29.4. The van der Waals surface area contributed by atoms with Crippen molar-refractivity contribution < 1.29 is 16.8 Å². The van der Waals surface area contributed by atoms with Gasteiger partial charge in [-0.3, -0.25) is 0 Å². The molecule has 1 radical (unpaired) electrons. The molecule has 0 spiro atoms. The van der Waals surface area contributed by atoms with E-state index in [0.29, 0.717) is 0 Å². The van der Waals surface area contributed by atoms with Gasteiger partial charge in [0.25, 0.3) is 0 Å². The number of rotatable bonds is 0. The molecule has 0 atom stereocenters. The van der Waals surface area contributed by atoms with Gasteiger partial charge in [-0.25, -0.2) is 9.97 Å². The third kappa shape index (κ3) is 4.82. The maximum atomic E-state index is 4.81. The van der Waals surface area contributed by atoms with Crippen LogP contribution in [0.15, 0.2) is 42.2 Å². The molecule has 0 aliphatic carbocycles. The van der Waals surface area contributed by atoms with Gasteiger partial charge in [-0.05, 0) is 152 Å². The number of fused-ring (bicyclic) bond motifs is 8. The molecule has 5 heterocycles. The summed E-state index contributed by atoms with van der Waals surface area (Å²) in [4.78, 5) is 16.5. The van der Waals surface area contributed by atoms with Crippen LogP contribution in [-0.4, -0.2) is 19.9 Å². The molecular weight excluding hydrogens is 994 g/mol. The van der Waals surface area contributed by atoms with Crippen molar-refractivity contribution in [2.24, 2.45) is 0 Å². The quantitative estimate of drug-likeness (QED) is 0.236. The van der Waals surface area contributed by atoms with E-state index >= 15 is 0 Å². The second kappa shape index (κ2) is 10.4. The van der Waals surface area contributed by atoms with Gasteiger partial charge in [0.05, 0.1) is 80.7 Å². The molecule has 5 rings (SSSR count). The number of hydrogen-bond acceptors (Lipinski definition) is 2. The van der Waals surface area contributed by atoms with Crippen LogP contribution in [0.2, 0.25) is 0 Å². The largest absolute Gasteiger partial charge is 2.00 e. The van der Waals surface area contributed by atoms with E-state index in [1.807, 2.05) is 24.3 Å². The fourth-order valence-corrected chi connectivity index (χ4v) is 6.55. The number of H-pyrrole nitrogens is 2. The van der Waals surface area contributed by atoms with E-state index in [4.69, 9.17) is 9.97 Å². The van der Waals surface area contributed by atoms with Gasteiger partial charge in [0, 0.05) is 0 Å². The van der Waals surface area contributed by atoms with Gasteiger partial charge in [0.2, 0.25) is 0 Å². The molecule has 4 nitrogen and oxygen atoms in total. The number of aromatic nitrogens is 4. The molecule has 3 aromatic rings. The minimum atomic E-state index is 0. The molecule has 0 saturated heterocycles. The molecule has 0 aromatic carbocycles. The molecular formula is C20H6Br8CoN4+2. The molecule has 33 heavy (non-hydrogen) atoms. The fraction of sp³-hybridized carbons (Fsp3) is 0. The number of nitrogens with zero attached hydrogens (tertiary/aromatic N) is 2. The Hall–Kier alpha value is 0.946. The van der Waals surface area contributed by atoms with Crippen molar-refractivity contribution in [1.29, 1.82) is 0 Å². The van der Waals surface area contributed by atoms with Gasteiger partial charge in [-0.1, -0.05) is 0 Å². The summed E-state index contributed by atoms with van der Waals surface area (Å²) in [7, 11) is 0. The Kier molecular flexibility index (Phi) is 8.48. The van der Waals surface area contributed by atoms with Crippen LogP contribution >= 0.6 is 127 Å². The molecule has 0 fully saturated rings. The topological polar surface area (TPSA) is 57.4 Å². The Morgan fingerprint density at radius 3 is 1.03 bits per heavy atom. The SMILES string of the molecule is BrC1=C(Br)c2cc3[nH]c(cc4[nH]c(cc5nc(cc1n2)C(Br)=C5Br)c(Br)c4Br)c(Br)c3Br.[Co+2]. The molecule has 0 unspecified atom stereocenters. The Balaban J connectivity index is 0.00000259. The zero-order valence-electron chi connectivity index (χ0n) is 15.6. The smallest absolute Gasteiger partial charge is 0.353 e. The van der Waals surface area contributed by atoms with Crippen molar-refractivity contribution in [3.05, 3.63) is 64.9 Å². The van der Waals surface area contributed by atoms with Crippen LogP contribution in [0.4, 0.5) is 0 Å². The van der Waals surface area contributed by atoms with E-state index in [1.165, 1.54) is 0 Å². The first-order chi connectivity index (χ1) is 15.2. The molecule has 3 aromatic heterocycles. The van der Waals surface area contributed by atoms with Crippen molar-refractivity contribution >= 4 is 167 Å². The Labute approximate surface area is 265 Å². The Bertz CT molecular complexity index is 1460. The summed E-state index contributed by atoms with van der Waals surface area (Å²) in [5.74, 6) is 0. The van der Waals surface area contributed by atoms with Gasteiger partial charge >= 0.3 is 16.8 Å². The van der Waals surface area contributed by atoms with E-state index in [1.54, 1.807) is 0 Å². The predicted octanol–water partition coefficient (Wildman–Crippen LogP) is 10.6. The molecule has 169 valence electrons. The summed E-state index contributed by atoms with van der Waals surface area (Å²) in [6.45, 7) is 0. The standard InChI is InChI=1S/C20H6Br8N4.Co/c21-13-5-1-6-14(22)16(24)8(30-6)3-10-18(26)20(28)12(32-10)4-11-19(27)17(25)9(31-11)2-7(29-5)15(13)23;/h1-4,29-30H;/q;+2. The molecule has 0 saturated carbocycles. The third-order valence-electron chi connectivity index (χ3n) is 4.76. The molecule has 2 aliphatic rings. The van der Waals surface area contributed by atoms with E-state index < -0.39 is 0 Å². The van der Waals surface area contributed by atoms with Crippen LogP contribution in [0.1, 0.15) is 22.8 Å². The Morgan fingerprint density at radius 1 is 0.424 bits per heavy atom. The van der Waals surface area contributed by atoms with Gasteiger partial charge in [0.15, 0.2) is 0 Å². The van der Waals surface area contributed by atoms with Crippen LogP contribution < -0.4 is 0 Å². The van der Waals surface area contributed by atoms with Crippen molar-refractivity contribution in [3.63, 3.8) is 0 Å². The Morgan fingerprint density at radius 2 is 0.697 bits per heavy atom. The van der Waals surface area contributed by atoms with Gasteiger partial charge in [-0.2, -0.15) is 0 Å². The normalized spacial score (nSPS) is 13.6. The minimum absolute atomic E-state index is 0. The maximum absolute atomic E-state index is 4.81. The van der Waals surface area contributed by atoms with Crippen LogP contribution in [0.5, 0.6) is 0 Å². The second-order valence-electron chi connectivity index (χ2n) is 6.76. The number of halogens is 8. The zero-order chi connectivity index (χ0) is 22.9. The summed E-state index contributed by atoms with van der Waals surface area (Å²) in [5, 5.41) is 0. The molecule has 8 bridgehead atoms. The summed E-state index contributed by atoms with van der Waals surface area (Å²) < 4.78 is 7.10. The van der Waals surface area contributed by atoms with Crippen molar-refractivity contribution in [2.75, 3.05) is 0 Å². The summed E-state index contributed by atoms with van der Waals surface area (Å²) in [6, 6.07) is 7.94. The van der Waals surface area contributed by atoms with Crippen LogP contribution in [0.3, 0.4) is 0 Å². The van der Waals surface area contributed by atoms with E-state index in [2.05, 4.69) is 137 Å². The molecule has 2 N–H and O–H groups in total. The van der Waals surface area contributed by atoms with Gasteiger partial charge in [0.1, 0.15) is 0 Å². The van der Waals surface area contributed by atoms with Gasteiger partial charge in [-0.15, -0.1) is 0 Å². The first kappa shape index (κ1) is 27.0. The number of hydrogen-bond donors (Lipinski definition) is 2. The zero-order valence-corrected chi connectivity index (χ0v) is 29.3. The van der Waals surface area contributed by atoms with Crippen molar-refractivity contribution in [3.8, 4) is 0 Å². The average Bonchev–Trinajstić information content (AvgIpc) is 3.37. The van der Waals surface area contributed by atoms with E-state index in [9.17, 15) is 0 Å². The molecule has 0 amide bonds. The first-order valence-electron chi connectivity index (χ1n) is 8.72. The fourth-order valence-electron chi connectivity index (χ4n) is 3.22. The first-order valence-corrected chi connectivity index (χ1v) is 15.1. The maximum Gasteiger partial charge on any atom is 2.00 e. The van der Waals surface area contributed by atoms with Crippen LogP contribution in [-0.2, 0) is 16.8 Å². The number of aromatic amines is 2. The van der Waals surface area contributed by atoms with Gasteiger partial charge < -0.3 is 9.97 Å². The second-order valence-corrected chi connectivity index (χ2v) is 13.1. The van der Waals surface area contributed by atoms with E-state index in [-0.39, 0.29) is 16.8 Å². The minimum Gasteiger partial charge on any atom is -0.353 e. The van der Waals surface area contributed by atoms with Crippen molar-refractivity contribution in [2.45, 2.75) is 0 Å². The predicted molar refractivity (Wildman–Crippen MR) is 161 cm³/mol. The monoisotopic (exact) mass is 992 g/mol. The summed E-state index contributed by atoms with van der Waals surface area (Å²) in [5.41, 5.74) is 6.70. The molecule has 13 heteroatoms. The average molecular weight is 1000 g/mol. The van der Waals surface area contributed by atoms with Crippen LogP contribution in [0, 0.1) is 0 Å². The van der Waals surface area contributed by atoms with E-state index in [0.717, 1.165) is 80.7 Å². The van der Waals surface area contributed by atoms with Crippen molar-refractivity contribution in [1.82, 2.24) is 19.9 Å². The molecule has 2 aliphatic heterocycles. The van der Waals surface area contributed by atoms with Crippen LogP contribution in [0.25, 0.3) is 40.0 Å². The summed E-state index contributed by atoms with van der Waals surface area (Å²) in [6.07, 6.45) is 0. The number of nitrogens with one attached hydrogen (secondary N) is 2. The third-order valence-corrected chi connectivity index (χ3v) is 13.4.